The molecule has 0 aliphatic heterocycles. The lowest BCUT2D eigenvalue weighted by Gasteiger charge is -2.11. The van der Waals surface area contributed by atoms with E-state index in [0.717, 1.165) is 5.69 Å². The van der Waals surface area contributed by atoms with E-state index in [1.165, 1.54) is 6.07 Å². The number of hydrogen-bond donors (Lipinski definition) is 2. The van der Waals surface area contributed by atoms with E-state index < -0.39 is 5.82 Å². The first kappa shape index (κ1) is 16.5. The first-order valence-corrected chi connectivity index (χ1v) is 7.31. The van der Waals surface area contributed by atoms with Crippen LogP contribution in [0.2, 0.25) is 0 Å². The minimum atomic E-state index is -0.421. The molecule has 0 fully saturated rings. The van der Waals surface area contributed by atoms with E-state index in [4.69, 9.17) is 5.26 Å². The Morgan fingerprint density at radius 2 is 2.22 bits per heavy atom. The predicted molar refractivity (Wildman–Crippen MR) is 86.0 cm³/mol. The molecule has 2 N–H and O–H groups in total. The number of nitrogens with one attached hydrogen (secondary N) is 2. The van der Waals surface area contributed by atoms with E-state index in [2.05, 4.69) is 20.7 Å². The number of aromatic nitrogens is 2. The van der Waals surface area contributed by atoms with Gasteiger partial charge in [-0.25, -0.2) is 9.38 Å². The Labute approximate surface area is 134 Å². The molecule has 0 spiro atoms. The molecule has 0 saturated carbocycles. The summed E-state index contributed by atoms with van der Waals surface area (Å²) in [5, 5.41) is 19.1. The number of nitriles is 1. The van der Waals surface area contributed by atoms with Gasteiger partial charge in [0.1, 0.15) is 5.82 Å². The third-order valence-electron chi connectivity index (χ3n) is 3.29. The molecule has 0 radical (unpaired) electrons. The Kier molecular flexibility index (Phi) is 5.69. The van der Waals surface area contributed by atoms with Crippen molar-refractivity contribution in [3.63, 3.8) is 0 Å². The standard InChI is InChI=1S/C16H19FN6/c1-3-19-16(21-11-14-6-7-22-23(14)2)20-10-13-5-4-12(9-18)8-15(13)17/h4-8H,3,10-11H2,1-2H3,(H2,19,20,21). The molecule has 7 heteroatoms. The van der Waals surface area contributed by atoms with Crippen LogP contribution in [0.25, 0.3) is 0 Å². The normalized spacial score (nSPS) is 11.1. The first-order valence-electron chi connectivity index (χ1n) is 7.31. The summed E-state index contributed by atoms with van der Waals surface area (Å²) < 4.78 is 15.6. The number of rotatable bonds is 5. The van der Waals surface area contributed by atoms with Gasteiger partial charge < -0.3 is 10.6 Å². The summed E-state index contributed by atoms with van der Waals surface area (Å²) in [6, 6.07) is 8.22. The highest BCUT2D eigenvalue weighted by atomic mass is 19.1. The van der Waals surface area contributed by atoms with Gasteiger partial charge in [0, 0.05) is 25.4 Å². The summed E-state index contributed by atoms with van der Waals surface area (Å²) in [6.45, 7) is 3.42. The lowest BCUT2D eigenvalue weighted by molar-refractivity contribution is 0.609. The first-order chi connectivity index (χ1) is 11.1. The Morgan fingerprint density at radius 3 is 2.83 bits per heavy atom. The van der Waals surface area contributed by atoms with Crippen LogP contribution in [0.5, 0.6) is 0 Å². The molecular formula is C16H19FN6. The van der Waals surface area contributed by atoms with Crippen molar-refractivity contribution in [3.05, 3.63) is 53.1 Å². The molecule has 2 aromatic rings. The number of halogens is 1. The number of aliphatic imine (C=N–C) groups is 1. The molecule has 0 unspecified atom stereocenters. The molecule has 0 bridgehead atoms. The van der Waals surface area contributed by atoms with Gasteiger partial charge in [0.05, 0.1) is 30.4 Å². The molecule has 0 aliphatic carbocycles. The average molecular weight is 314 g/mol. The van der Waals surface area contributed by atoms with Crippen molar-refractivity contribution in [1.82, 2.24) is 20.4 Å². The van der Waals surface area contributed by atoms with Crippen LogP contribution in [0.3, 0.4) is 0 Å². The number of hydrogen-bond acceptors (Lipinski definition) is 3. The maximum Gasteiger partial charge on any atom is 0.191 e. The molecule has 0 aliphatic rings. The van der Waals surface area contributed by atoms with E-state index in [9.17, 15) is 4.39 Å². The molecule has 6 nitrogen and oxygen atoms in total. The van der Waals surface area contributed by atoms with Gasteiger partial charge in [-0.2, -0.15) is 10.4 Å². The SMILES string of the molecule is CCNC(=NCc1ccc(C#N)cc1F)NCc1ccnn1C. The van der Waals surface area contributed by atoms with Crippen molar-refractivity contribution in [2.24, 2.45) is 12.0 Å². The van der Waals surface area contributed by atoms with Crippen molar-refractivity contribution in [3.8, 4) is 6.07 Å². The maximum absolute atomic E-state index is 13.9. The zero-order valence-corrected chi connectivity index (χ0v) is 13.2. The maximum atomic E-state index is 13.9. The van der Waals surface area contributed by atoms with Gasteiger partial charge in [-0.3, -0.25) is 4.68 Å². The van der Waals surface area contributed by atoms with Crippen LogP contribution in [-0.2, 0) is 20.1 Å². The molecule has 1 aromatic carbocycles. The summed E-state index contributed by atoms with van der Waals surface area (Å²) >= 11 is 0. The van der Waals surface area contributed by atoms with Crippen molar-refractivity contribution in [1.29, 1.82) is 5.26 Å². The Hall–Kier alpha value is -2.88. The minimum Gasteiger partial charge on any atom is -0.357 e. The summed E-state index contributed by atoms with van der Waals surface area (Å²) in [4.78, 5) is 4.37. The van der Waals surface area contributed by atoms with E-state index >= 15 is 0 Å². The largest absolute Gasteiger partial charge is 0.357 e. The van der Waals surface area contributed by atoms with Crippen LogP contribution in [-0.4, -0.2) is 22.3 Å². The summed E-state index contributed by atoms with van der Waals surface area (Å²) in [5.74, 6) is 0.174. The van der Waals surface area contributed by atoms with Gasteiger partial charge in [0.15, 0.2) is 5.96 Å². The highest BCUT2D eigenvalue weighted by Crippen LogP contribution is 2.11. The van der Waals surface area contributed by atoms with Crippen LogP contribution < -0.4 is 10.6 Å². The lowest BCUT2D eigenvalue weighted by Crippen LogP contribution is -2.37. The fraction of sp³-hybridized carbons (Fsp3) is 0.312. The molecule has 120 valence electrons. The summed E-state index contributed by atoms with van der Waals surface area (Å²) in [7, 11) is 1.87. The predicted octanol–water partition coefficient (Wildman–Crippen LogP) is 1.69. The topological polar surface area (TPSA) is 78.0 Å². The van der Waals surface area contributed by atoms with Gasteiger partial charge in [-0.15, -0.1) is 0 Å². The average Bonchev–Trinajstić information content (AvgIpc) is 2.96. The zero-order chi connectivity index (χ0) is 16.7. The van der Waals surface area contributed by atoms with Crippen LogP contribution in [0.1, 0.15) is 23.7 Å². The number of guanidine groups is 1. The Balaban J connectivity index is 2.04. The van der Waals surface area contributed by atoms with Gasteiger partial charge in [0.25, 0.3) is 0 Å². The molecule has 2 rings (SSSR count). The number of nitrogens with zero attached hydrogens (tertiary/aromatic N) is 4. The van der Waals surface area contributed by atoms with Crippen molar-refractivity contribution >= 4 is 5.96 Å². The van der Waals surface area contributed by atoms with Gasteiger partial charge in [-0.05, 0) is 25.1 Å². The van der Waals surface area contributed by atoms with Crippen molar-refractivity contribution in [2.45, 2.75) is 20.0 Å². The minimum absolute atomic E-state index is 0.193. The second-order valence-corrected chi connectivity index (χ2v) is 4.91. The van der Waals surface area contributed by atoms with Crippen molar-refractivity contribution < 1.29 is 4.39 Å². The molecule has 23 heavy (non-hydrogen) atoms. The fourth-order valence-corrected chi connectivity index (χ4v) is 2.00. The number of aryl methyl sites for hydroxylation is 1. The van der Waals surface area contributed by atoms with E-state index in [0.29, 0.717) is 30.2 Å². The fourth-order valence-electron chi connectivity index (χ4n) is 2.00. The van der Waals surface area contributed by atoms with Crippen LogP contribution in [0, 0.1) is 17.1 Å². The van der Waals surface area contributed by atoms with Crippen LogP contribution in [0.15, 0.2) is 35.5 Å². The third kappa shape index (κ3) is 4.54. The molecular weight excluding hydrogens is 295 g/mol. The highest BCUT2D eigenvalue weighted by Gasteiger charge is 2.05. The zero-order valence-electron chi connectivity index (χ0n) is 13.2. The molecule has 0 saturated heterocycles. The highest BCUT2D eigenvalue weighted by molar-refractivity contribution is 5.79. The molecule has 0 amide bonds. The van der Waals surface area contributed by atoms with E-state index in [1.54, 1.807) is 23.0 Å². The molecule has 0 atom stereocenters. The van der Waals surface area contributed by atoms with Gasteiger partial charge >= 0.3 is 0 Å². The lowest BCUT2D eigenvalue weighted by atomic mass is 10.1. The van der Waals surface area contributed by atoms with Gasteiger partial charge in [0.2, 0.25) is 0 Å². The van der Waals surface area contributed by atoms with Crippen molar-refractivity contribution in [2.75, 3.05) is 6.54 Å². The quantitative estimate of drug-likeness (QED) is 0.650. The monoisotopic (exact) mass is 314 g/mol. The second kappa shape index (κ2) is 7.94. The Morgan fingerprint density at radius 1 is 1.39 bits per heavy atom. The van der Waals surface area contributed by atoms with E-state index in [-0.39, 0.29) is 6.54 Å². The summed E-state index contributed by atoms with van der Waals surface area (Å²) in [6.07, 6.45) is 1.73. The molecule has 1 aromatic heterocycles. The Bertz CT molecular complexity index is 728. The molecule has 1 heterocycles. The van der Waals surface area contributed by atoms with E-state index in [1.807, 2.05) is 26.1 Å². The third-order valence-corrected chi connectivity index (χ3v) is 3.29. The number of benzene rings is 1. The smallest absolute Gasteiger partial charge is 0.191 e. The van der Waals surface area contributed by atoms with Crippen LogP contribution in [0.4, 0.5) is 4.39 Å². The summed E-state index contributed by atoms with van der Waals surface area (Å²) in [5.41, 5.74) is 1.76. The second-order valence-electron chi connectivity index (χ2n) is 4.91. The van der Waals surface area contributed by atoms with Gasteiger partial charge in [-0.1, -0.05) is 6.07 Å². The van der Waals surface area contributed by atoms with Crippen LogP contribution >= 0.6 is 0 Å².